The predicted octanol–water partition coefficient (Wildman–Crippen LogP) is 6.95. The predicted molar refractivity (Wildman–Crippen MR) is 99.2 cm³/mol. The second-order valence-electron chi connectivity index (χ2n) is 6.37. The van der Waals surface area contributed by atoms with Gasteiger partial charge in [0.15, 0.2) is 0 Å². The summed E-state index contributed by atoms with van der Waals surface area (Å²) >= 11 is 17.4. The SMILES string of the molecule is N#Cc1ccc(N2CC(c3cc(Cl)c(Cl)c(Cl)c3)(C(F)(F)F)OC2=O)cc1C(F)(F)F. The van der Waals surface area contributed by atoms with E-state index < -0.39 is 53.0 Å². The van der Waals surface area contributed by atoms with E-state index in [1.54, 1.807) is 0 Å². The zero-order valence-electron chi connectivity index (χ0n) is 14.7. The lowest BCUT2D eigenvalue weighted by Crippen LogP contribution is -2.46. The third kappa shape index (κ3) is 3.97. The van der Waals surface area contributed by atoms with Gasteiger partial charge in [0.1, 0.15) is 0 Å². The van der Waals surface area contributed by atoms with Crippen LogP contribution >= 0.6 is 34.8 Å². The number of halogens is 9. The van der Waals surface area contributed by atoms with Crippen molar-refractivity contribution in [1.29, 1.82) is 5.26 Å². The molecule has 0 aliphatic carbocycles. The van der Waals surface area contributed by atoms with Gasteiger partial charge >= 0.3 is 18.4 Å². The summed E-state index contributed by atoms with van der Waals surface area (Å²) in [6.45, 7) is -1.23. The second kappa shape index (κ2) is 7.65. The van der Waals surface area contributed by atoms with Crippen molar-refractivity contribution in [2.75, 3.05) is 11.4 Å². The minimum absolute atomic E-state index is 0.229. The molecule has 1 amide bonds. The van der Waals surface area contributed by atoms with Gasteiger partial charge in [-0.15, -0.1) is 0 Å². The van der Waals surface area contributed by atoms with Gasteiger partial charge in [-0.05, 0) is 30.3 Å². The van der Waals surface area contributed by atoms with Crippen LogP contribution in [0.4, 0.5) is 36.8 Å². The highest BCUT2D eigenvalue weighted by atomic mass is 35.5. The first-order valence-electron chi connectivity index (χ1n) is 8.05. The smallest absolute Gasteiger partial charge is 0.426 e. The van der Waals surface area contributed by atoms with E-state index in [9.17, 15) is 31.1 Å². The van der Waals surface area contributed by atoms with Crippen LogP contribution in [-0.2, 0) is 16.5 Å². The van der Waals surface area contributed by atoms with Crippen LogP contribution in [0.25, 0.3) is 0 Å². The Labute approximate surface area is 185 Å². The standard InChI is InChI=1S/C18H7Cl3F6N2O2/c19-12-3-9(4-13(20)14(12)21)16(18(25,26)27)7-29(15(30)31-16)10-2-1-8(6-28)11(5-10)17(22,23)24/h1-5H,7H2. The van der Waals surface area contributed by atoms with Gasteiger partial charge in [0.2, 0.25) is 0 Å². The lowest BCUT2D eigenvalue weighted by molar-refractivity contribution is -0.250. The van der Waals surface area contributed by atoms with Crippen LogP contribution < -0.4 is 4.90 Å². The molecular weight excluding hydrogens is 497 g/mol. The number of carbonyl (C=O) groups excluding carboxylic acids is 1. The molecule has 1 aliphatic heterocycles. The molecule has 1 heterocycles. The largest absolute Gasteiger partial charge is 0.434 e. The number of hydrogen-bond donors (Lipinski definition) is 0. The summed E-state index contributed by atoms with van der Waals surface area (Å²) < 4.78 is 86.5. The fourth-order valence-electron chi connectivity index (χ4n) is 3.00. The van der Waals surface area contributed by atoms with Crippen molar-refractivity contribution >= 4 is 46.6 Å². The molecule has 1 aliphatic rings. The van der Waals surface area contributed by atoms with Crippen molar-refractivity contribution in [3.63, 3.8) is 0 Å². The molecule has 0 spiro atoms. The molecule has 2 aromatic rings. The Kier molecular flexibility index (Phi) is 5.76. The third-order valence-electron chi connectivity index (χ3n) is 4.51. The van der Waals surface area contributed by atoms with Crippen LogP contribution in [0.5, 0.6) is 0 Å². The normalized spacial score (nSPS) is 19.4. The summed E-state index contributed by atoms with van der Waals surface area (Å²) in [6, 6.07) is 5.00. The average Bonchev–Trinajstić information content (AvgIpc) is 3.03. The molecule has 0 saturated carbocycles. The Morgan fingerprint density at radius 2 is 1.61 bits per heavy atom. The van der Waals surface area contributed by atoms with E-state index in [0.717, 1.165) is 24.3 Å². The Bertz CT molecular complexity index is 1090. The Morgan fingerprint density at radius 3 is 2.10 bits per heavy atom. The van der Waals surface area contributed by atoms with E-state index in [2.05, 4.69) is 4.74 Å². The van der Waals surface area contributed by atoms with Crippen LogP contribution in [0.1, 0.15) is 16.7 Å². The fraction of sp³-hybridized carbons (Fsp3) is 0.222. The zero-order valence-corrected chi connectivity index (χ0v) is 17.0. The van der Waals surface area contributed by atoms with E-state index >= 15 is 0 Å². The number of carbonyl (C=O) groups is 1. The summed E-state index contributed by atoms with van der Waals surface area (Å²) in [5.74, 6) is 0. The Hall–Kier alpha value is -2.35. The second-order valence-corrected chi connectivity index (χ2v) is 7.56. The summed E-state index contributed by atoms with van der Waals surface area (Å²) in [7, 11) is 0. The minimum Gasteiger partial charge on any atom is -0.426 e. The van der Waals surface area contributed by atoms with E-state index in [4.69, 9.17) is 40.1 Å². The van der Waals surface area contributed by atoms with E-state index in [1.807, 2.05) is 0 Å². The lowest BCUT2D eigenvalue weighted by atomic mass is 9.92. The third-order valence-corrected chi connectivity index (χ3v) is 5.71. The Balaban J connectivity index is 2.14. The van der Waals surface area contributed by atoms with Gasteiger partial charge in [-0.25, -0.2) is 4.79 Å². The van der Waals surface area contributed by atoms with E-state index in [-0.39, 0.29) is 15.1 Å². The van der Waals surface area contributed by atoms with Gasteiger partial charge in [0.25, 0.3) is 5.60 Å². The highest BCUT2D eigenvalue weighted by molar-refractivity contribution is 6.48. The number of nitriles is 1. The quantitative estimate of drug-likeness (QED) is 0.329. The maximum atomic E-state index is 14.1. The molecular formula is C18H7Cl3F6N2O2. The summed E-state index contributed by atoms with van der Waals surface area (Å²) in [5.41, 5.74) is -6.67. The molecule has 2 aromatic carbocycles. The van der Waals surface area contributed by atoms with E-state index in [1.165, 1.54) is 6.07 Å². The van der Waals surface area contributed by atoms with Gasteiger partial charge in [0.05, 0.1) is 38.8 Å². The molecule has 164 valence electrons. The molecule has 0 N–H and O–H groups in total. The monoisotopic (exact) mass is 502 g/mol. The number of hydrogen-bond acceptors (Lipinski definition) is 3. The molecule has 0 radical (unpaired) electrons. The number of rotatable bonds is 2. The van der Waals surface area contributed by atoms with E-state index in [0.29, 0.717) is 11.0 Å². The zero-order chi connectivity index (χ0) is 23.4. The summed E-state index contributed by atoms with van der Waals surface area (Å²) in [4.78, 5) is 12.7. The van der Waals surface area contributed by atoms with Crippen LogP contribution in [-0.4, -0.2) is 18.8 Å². The number of ether oxygens (including phenoxy) is 1. The highest BCUT2D eigenvalue weighted by Gasteiger charge is 2.65. The number of nitrogens with zero attached hydrogens (tertiary/aromatic N) is 2. The van der Waals surface area contributed by atoms with Crippen LogP contribution in [0.2, 0.25) is 15.1 Å². The summed E-state index contributed by atoms with van der Waals surface area (Å²) in [6.07, 6.45) is -11.7. The first kappa shape index (κ1) is 23.3. The molecule has 0 bridgehead atoms. The maximum Gasteiger partial charge on any atom is 0.434 e. The van der Waals surface area contributed by atoms with Gasteiger partial charge in [-0.2, -0.15) is 31.6 Å². The number of benzene rings is 2. The fourth-order valence-corrected chi connectivity index (χ4v) is 3.60. The maximum absolute atomic E-state index is 14.1. The Morgan fingerprint density at radius 1 is 1.03 bits per heavy atom. The number of cyclic esters (lactones) is 1. The molecule has 13 heteroatoms. The van der Waals surface area contributed by atoms with Gasteiger partial charge < -0.3 is 4.74 Å². The molecule has 1 unspecified atom stereocenters. The highest BCUT2D eigenvalue weighted by Crippen LogP contribution is 2.50. The van der Waals surface area contributed by atoms with Crippen molar-refractivity contribution in [2.24, 2.45) is 0 Å². The molecule has 31 heavy (non-hydrogen) atoms. The first-order valence-corrected chi connectivity index (χ1v) is 9.18. The lowest BCUT2D eigenvalue weighted by Gasteiger charge is -2.30. The van der Waals surface area contributed by atoms with Crippen LogP contribution in [0.3, 0.4) is 0 Å². The van der Waals surface area contributed by atoms with Gasteiger partial charge in [0, 0.05) is 11.3 Å². The molecule has 3 rings (SSSR count). The minimum atomic E-state index is -5.20. The van der Waals surface area contributed by atoms with Crippen molar-refractivity contribution < 1.29 is 35.9 Å². The molecule has 4 nitrogen and oxygen atoms in total. The first-order chi connectivity index (χ1) is 14.2. The van der Waals surface area contributed by atoms with Gasteiger partial charge in [-0.1, -0.05) is 34.8 Å². The van der Waals surface area contributed by atoms with Crippen molar-refractivity contribution in [3.8, 4) is 6.07 Å². The average molecular weight is 504 g/mol. The molecule has 1 fully saturated rings. The summed E-state index contributed by atoms with van der Waals surface area (Å²) in [5, 5.41) is 7.94. The van der Waals surface area contributed by atoms with Crippen molar-refractivity contribution in [3.05, 3.63) is 62.1 Å². The number of amides is 1. The topological polar surface area (TPSA) is 53.3 Å². The van der Waals surface area contributed by atoms with Crippen LogP contribution in [0, 0.1) is 11.3 Å². The number of alkyl halides is 6. The molecule has 1 saturated heterocycles. The van der Waals surface area contributed by atoms with Crippen LogP contribution in [0.15, 0.2) is 30.3 Å². The van der Waals surface area contributed by atoms with Crippen molar-refractivity contribution in [2.45, 2.75) is 18.0 Å². The number of anilines is 1. The van der Waals surface area contributed by atoms with Crippen molar-refractivity contribution in [1.82, 2.24) is 0 Å². The van der Waals surface area contributed by atoms with Gasteiger partial charge in [-0.3, -0.25) is 4.90 Å². The molecule has 1 atom stereocenters. The molecule has 0 aromatic heterocycles.